The average molecular weight is 351 g/mol. The molecule has 0 fully saturated rings. The molecule has 114 valence electrons. The monoisotopic (exact) mass is 350 g/mol. The lowest BCUT2D eigenvalue weighted by Gasteiger charge is -2.10. The average Bonchev–Trinajstić information content (AvgIpc) is 2.59. The predicted molar refractivity (Wildman–Crippen MR) is 82.0 cm³/mol. The van der Waals surface area contributed by atoms with Gasteiger partial charge in [0.2, 0.25) is 10.0 Å². The number of sulfonamides is 1. The molecule has 1 aromatic carbocycles. The lowest BCUT2D eigenvalue weighted by Crippen LogP contribution is -2.22. The maximum atomic E-state index is 12.1. The van der Waals surface area contributed by atoms with Gasteiger partial charge in [-0.25, -0.2) is 13.2 Å². The molecule has 0 radical (unpaired) electrons. The first-order valence-corrected chi connectivity index (χ1v) is 8.35. The highest BCUT2D eigenvalue weighted by Crippen LogP contribution is 2.31. The van der Waals surface area contributed by atoms with Gasteiger partial charge in [0.15, 0.2) is 0 Å². The minimum absolute atomic E-state index is 0.119. The number of halogens is 2. The van der Waals surface area contributed by atoms with Gasteiger partial charge in [0.25, 0.3) is 0 Å². The molecule has 0 aliphatic carbocycles. The Kier molecular flexibility index (Phi) is 4.05. The van der Waals surface area contributed by atoms with E-state index >= 15 is 0 Å². The van der Waals surface area contributed by atoms with Crippen molar-refractivity contribution in [3.05, 3.63) is 38.5 Å². The first kappa shape index (κ1) is 15.9. The summed E-state index contributed by atoms with van der Waals surface area (Å²) in [5, 5.41) is 4.37. The summed E-state index contributed by atoms with van der Waals surface area (Å²) in [4.78, 5) is 12.1. The standard InChI is InChI=1S/C11H12Cl2N4O3S/c1-6-14-17(11(18)16(6)2)10-5-9(15-21(3,19)20)7(12)4-8(10)13/h4-5,15H,1-3H3. The number of hydrogen-bond acceptors (Lipinski definition) is 4. The van der Waals surface area contributed by atoms with Crippen LogP contribution < -0.4 is 10.4 Å². The molecule has 0 unspecified atom stereocenters. The van der Waals surface area contributed by atoms with E-state index in [1.165, 1.54) is 16.7 Å². The van der Waals surface area contributed by atoms with Crippen LogP contribution in [0.1, 0.15) is 5.82 Å². The van der Waals surface area contributed by atoms with E-state index in [2.05, 4.69) is 9.82 Å². The van der Waals surface area contributed by atoms with Crippen molar-refractivity contribution in [1.82, 2.24) is 14.3 Å². The van der Waals surface area contributed by atoms with Crippen LogP contribution in [0.3, 0.4) is 0 Å². The largest absolute Gasteiger partial charge is 0.350 e. The molecule has 0 saturated carbocycles. The van der Waals surface area contributed by atoms with Crippen LogP contribution in [0.2, 0.25) is 10.0 Å². The molecule has 2 aromatic rings. The maximum absolute atomic E-state index is 12.1. The topological polar surface area (TPSA) is 86.0 Å². The van der Waals surface area contributed by atoms with Crippen LogP contribution in [0.5, 0.6) is 0 Å². The van der Waals surface area contributed by atoms with Gasteiger partial charge < -0.3 is 0 Å². The molecule has 10 heteroatoms. The quantitative estimate of drug-likeness (QED) is 0.909. The van der Waals surface area contributed by atoms with Crippen LogP contribution in [0, 0.1) is 6.92 Å². The molecule has 0 spiro atoms. The van der Waals surface area contributed by atoms with Crippen LogP contribution in [0.25, 0.3) is 5.69 Å². The van der Waals surface area contributed by atoms with E-state index in [-0.39, 0.29) is 21.4 Å². The molecule has 0 aliphatic heterocycles. The van der Waals surface area contributed by atoms with Gasteiger partial charge in [-0.05, 0) is 19.1 Å². The van der Waals surface area contributed by atoms with Gasteiger partial charge in [-0.2, -0.15) is 9.78 Å². The summed E-state index contributed by atoms with van der Waals surface area (Å²) < 4.78 is 27.3. The molecule has 0 bridgehead atoms. The van der Waals surface area contributed by atoms with E-state index in [1.54, 1.807) is 14.0 Å². The van der Waals surface area contributed by atoms with E-state index in [9.17, 15) is 13.2 Å². The van der Waals surface area contributed by atoms with Gasteiger partial charge in [0.05, 0.1) is 27.7 Å². The Balaban J connectivity index is 2.67. The third-order valence-corrected chi connectivity index (χ3v) is 3.96. The molecule has 0 aliphatic rings. The van der Waals surface area contributed by atoms with E-state index in [4.69, 9.17) is 23.2 Å². The summed E-state index contributed by atoms with van der Waals surface area (Å²) in [6.07, 6.45) is 0.995. The number of nitrogens with zero attached hydrogens (tertiary/aromatic N) is 3. The van der Waals surface area contributed by atoms with Crippen molar-refractivity contribution in [1.29, 1.82) is 0 Å². The first-order chi connectivity index (χ1) is 9.60. The van der Waals surface area contributed by atoms with Crippen LogP contribution in [0.15, 0.2) is 16.9 Å². The summed E-state index contributed by atoms with van der Waals surface area (Å²) in [5.74, 6) is 0.489. The maximum Gasteiger partial charge on any atom is 0.350 e. The second kappa shape index (κ2) is 5.36. The first-order valence-electron chi connectivity index (χ1n) is 5.70. The molecule has 2 rings (SSSR count). The molecule has 0 amide bonds. The highest BCUT2D eigenvalue weighted by Gasteiger charge is 2.16. The number of aromatic nitrogens is 3. The number of aryl methyl sites for hydroxylation is 1. The molecule has 7 nitrogen and oxygen atoms in total. The van der Waals surface area contributed by atoms with Gasteiger partial charge in [0.1, 0.15) is 5.82 Å². The predicted octanol–water partition coefficient (Wildman–Crippen LogP) is 1.56. The lowest BCUT2D eigenvalue weighted by atomic mass is 10.3. The van der Waals surface area contributed by atoms with E-state index < -0.39 is 15.7 Å². The van der Waals surface area contributed by atoms with Crippen molar-refractivity contribution in [2.75, 3.05) is 11.0 Å². The molecule has 1 aromatic heterocycles. The second-order valence-electron chi connectivity index (χ2n) is 4.46. The van der Waals surface area contributed by atoms with Crippen molar-refractivity contribution in [3.8, 4) is 5.69 Å². The zero-order chi connectivity index (χ0) is 15.9. The fourth-order valence-corrected chi connectivity index (χ4v) is 2.80. The van der Waals surface area contributed by atoms with Crippen molar-refractivity contribution in [2.24, 2.45) is 7.05 Å². The fraction of sp³-hybridized carbons (Fsp3) is 0.273. The lowest BCUT2D eigenvalue weighted by molar-refractivity contribution is 0.607. The third kappa shape index (κ3) is 3.22. The Hall–Kier alpha value is -1.51. The molecule has 1 N–H and O–H groups in total. The highest BCUT2D eigenvalue weighted by molar-refractivity contribution is 7.92. The summed E-state index contributed by atoms with van der Waals surface area (Å²) in [6, 6.07) is 2.71. The molecular formula is C11H12Cl2N4O3S. The number of nitrogens with one attached hydrogen (secondary N) is 1. The minimum Gasteiger partial charge on any atom is -0.282 e. The number of hydrogen-bond donors (Lipinski definition) is 1. The second-order valence-corrected chi connectivity index (χ2v) is 7.02. The number of benzene rings is 1. The third-order valence-electron chi connectivity index (χ3n) is 2.76. The van der Waals surface area contributed by atoms with E-state index in [1.807, 2.05) is 0 Å². The van der Waals surface area contributed by atoms with Gasteiger partial charge in [-0.3, -0.25) is 9.29 Å². The van der Waals surface area contributed by atoms with E-state index in [0.29, 0.717) is 5.82 Å². The van der Waals surface area contributed by atoms with Gasteiger partial charge in [-0.15, -0.1) is 0 Å². The van der Waals surface area contributed by atoms with Crippen molar-refractivity contribution in [2.45, 2.75) is 6.92 Å². The summed E-state index contributed by atoms with van der Waals surface area (Å²) in [6.45, 7) is 1.66. The Bertz CT molecular complexity index is 870. The SMILES string of the molecule is Cc1nn(-c2cc(NS(C)(=O)=O)c(Cl)cc2Cl)c(=O)n1C. The van der Waals surface area contributed by atoms with Crippen molar-refractivity contribution >= 4 is 38.9 Å². The Morgan fingerprint density at radius 3 is 2.33 bits per heavy atom. The molecule has 1 heterocycles. The van der Waals surface area contributed by atoms with Crippen LogP contribution in [-0.4, -0.2) is 29.0 Å². The molecular weight excluding hydrogens is 339 g/mol. The summed E-state index contributed by atoms with van der Waals surface area (Å²) in [7, 11) is -1.94. The Labute approximate surface area is 131 Å². The number of rotatable bonds is 3. The van der Waals surface area contributed by atoms with Crippen LogP contribution >= 0.6 is 23.2 Å². The molecule has 0 saturated heterocycles. The Morgan fingerprint density at radius 1 is 1.24 bits per heavy atom. The smallest absolute Gasteiger partial charge is 0.282 e. The molecule has 0 atom stereocenters. The van der Waals surface area contributed by atoms with E-state index in [0.717, 1.165) is 10.9 Å². The van der Waals surface area contributed by atoms with Crippen molar-refractivity contribution in [3.63, 3.8) is 0 Å². The van der Waals surface area contributed by atoms with Gasteiger partial charge in [0, 0.05) is 7.05 Å². The normalized spacial score (nSPS) is 11.7. The zero-order valence-corrected chi connectivity index (χ0v) is 13.7. The van der Waals surface area contributed by atoms with Gasteiger partial charge >= 0.3 is 5.69 Å². The molecule has 21 heavy (non-hydrogen) atoms. The van der Waals surface area contributed by atoms with Crippen LogP contribution in [-0.2, 0) is 17.1 Å². The Morgan fingerprint density at radius 2 is 1.86 bits per heavy atom. The minimum atomic E-state index is -3.52. The number of anilines is 1. The fourth-order valence-electron chi connectivity index (χ4n) is 1.67. The van der Waals surface area contributed by atoms with Gasteiger partial charge in [-0.1, -0.05) is 23.2 Å². The summed E-state index contributed by atoms with van der Waals surface area (Å²) >= 11 is 12.0. The highest BCUT2D eigenvalue weighted by atomic mass is 35.5. The zero-order valence-electron chi connectivity index (χ0n) is 11.4. The van der Waals surface area contributed by atoms with Crippen molar-refractivity contribution < 1.29 is 8.42 Å². The summed E-state index contributed by atoms with van der Waals surface area (Å²) in [5.41, 5.74) is -0.0447. The van der Waals surface area contributed by atoms with Crippen LogP contribution in [0.4, 0.5) is 5.69 Å².